The number of allylic oxidation sites excluding steroid dienone is 2. The van der Waals surface area contributed by atoms with E-state index in [4.69, 9.17) is 5.11 Å². The molecule has 12 heavy (non-hydrogen) atoms. The SMILES string of the molecule is O=C1C(O)=CCc2ccccc21. The number of carbonyl (C=O) groups is 1. The molecule has 0 aromatic heterocycles. The summed E-state index contributed by atoms with van der Waals surface area (Å²) in [5.41, 5.74) is 1.61. The molecule has 1 aliphatic carbocycles. The van der Waals surface area contributed by atoms with Crippen molar-refractivity contribution in [1.82, 2.24) is 0 Å². The predicted molar refractivity (Wildman–Crippen MR) is 45.2 cm³/mol. The van der Waals surface area contributed by atoms with Crippen LogP contribution in [0.1, 0.15) is 15.9 Å². The fraction of sp³-hybridized carbons (Fsp3) is 0.100. The Balaban J connectivity index is 2.57. The van der Waals surface area contributed by atoms with Gasteiger partial charge in [-0.05, 0) is 18.1 Å². The van der Waals surface area contributed by atoms with Crippen LogP contribution < -0.4 is 0 Å². The molecule has 2 rings (SSSR count). The molecule has 0 fully saturated rings. The molecule has 0 atom stereocenters. The number of aliphatic hydroxyl groups excluding tert-OH is 1. The van der Waals surface area contributed by atoms with Crippen LogP contribution in [-0.4, -0.2) is 10.9 Å². The van der Waals surface area contributed by atoms with E-state index >= 15 is 0 Å². The third-order valence-electron chi connectivity index (χ3n) is 2.01. The van der Waals surface area contributed by atoms with Crippen LogP contribution in [-0.2, 0) is 6.42 Å². The molecule has 0 heterocycles. The van der Waals surface area contributed by atoms with Crippen LogP contribution in [0.2, 0.25) is 0 Å². The first-order valence-corrected chi connectivity index (χ1v) is 3.81. The number of hydrogen-bond acceptors (Lipinski definition) is 2. The molecule has 60 valence electrons. The van der Waals surface area contributed by atoms with Gasteiger partial charge in [-0.2, -0.15) is 0 Å². The highest BCUT2D eigenvalue weighted by Crippen LogP contribution is 2.18. The van der Waals surface area contributed by atoms with Crippen molar-refractivity contribution >= 4 is 5.78 Å². The number of fused-ring (bicyclic) bond motifs is 1. The zero-order valence-electron chi connectivity index (χ0n) is 6.45. The quantitative estimate of drug-likeness (QED) is 0.629. The van der Waals surface area contributed by atoms with Gasteiger partial charge in [0.15, 0.2) is 5.76 Å². The van der Waals surface area contributed by atoms with Crippen molar-refractivity contribution in [1.29, 1.82) is 0 Å². The van der Waals surface area contributed by atoms with Gasteiger partial charge in [-0.25, -0.2) is 0 Å². The second-order valence-electron chi connectivity index (χ2n) is 2.78. The molecule has 1 aromatic carbocycles. The van der Waals surface area contributed by atoms with Crippen molar-refractivity contribution in [3.63, 3.8) is 0 Å². The van der Waals surface area contributed by atoms with E-state index in [1.165, 1.54) is 0 Å². The third kappa shape index (κ3) is 0.925. The summed E-state index contributed by atoms with van der Waals surface area (Å²) in [4.78, 5) is 11.3. The summed E-state index contributed by atoms with van der Waals surface area (Å²) in [7, 11) is 0. The molecule has 1 N–H and O–H groups in total. The smallest absolute Gasteiger partial charge is 0.227 e. The lowest BCUT2D eigenvalue weighted by Gasteiger charge is -2.10. The number of rotatable bonds is 0. The minimum absolute atomic E-state index is 0.131. The second-order valence-corrected chi connectivity index (χ2v) is 2.78. The number of benzene rings is 1. The molecule has 0 unspecified atom stereocenters. The summed E-state index contributed by atoms with van der Waals surface area (Å²) in [6.45, 7) is 0. The van der Waals surface area contributed by atoms with Crippen molar-refractivity contribution < 1.29 is 9.90 Å². The number of aliphatic hydroxyl groups is 1. The van der Waals surface area contributed by atoms with Crippen molar-refractivity contribution in [3.05, 3.63) is 47.2 Å². The largest absolute Gasteiger partial charge is 0.504 e. The zero-order valence-corrected chi connectivity index (χ0v) is 6.45. The van der Waals surface area contributed by atoms with Crippen LogP contribution in [0, 0.1) is 0 Å². The predicted octanol–water partition coefficient (Wildman–Crippen LogP) is 1.87. The van der Waals surface area contributed by atoms with E-state index in [0.29, 0.717) is 12.0 Å². The first-order valence-electron chi connectivity index (χ1n) is 3.81. The number of Topliss-reactive ketones (excluding diaryl/α,β-unsaturated/α-hetero) is 1. The highest BCUT2D eigenvalue weighted by Gasteiger charge is 2.18. The van der Waals surface area contributed by atoms with E-state index in [9.17, 15) is 4.79 Å². The van der Waals surface area contributed by atoms with Gasteiger partial charge in [-0.3, -0.25) is 4.79 Å². The third-order valence-corrected chi connectivity index (χ3v) is 2.01. The van der Waals surface area contributed by atoms with E-state index < -0.39 is 0 Å². The fourth-order valence-corrected chi connectivity index (χ4v) is 1.36. The molecule has 2 nitrogen and oxygen atoms in total. The molecule has 0 amide bonds. The Labute approximate surface area is 70.2 Å². The molecule has 0 bridgehead atoms. The van der Waals surface area contributed by atoms with Crippen molar-refractivity contribution in [3.8, 4) is 0 Å². The number of carbonyl (C=O) groups excluding carboxylic acids is 1. The van der Waals surface area contributed by atoms with Gasteiger partial charge in [0.1, 0.15) is 0 Å². The van der Waals surface area contributed by atoms with Gasteiger partial charge in [0.25, 0.3) is 0 Å². The standard InChI is InChI=1S/C10H8O2/c11-9-6-5-7-3-1-2-4-8(7)10(9)12/h1-4,6,11H,5H2. The Morgan fingerprint density at radius 1 is 1.25 bits per heavy atom. The Morgan fingerprint density at radius 3 is 2.83 bits per heavy atom. The topological polar surface area (TPSA) is 37.3 Å². The van der Waals surface area contributed by atoms with Gasteiger partial charge < -0.3 is 5.11 Å². The summed E-state index contributed by atoms with van der Waals surface area (Å²) in [5.74, 6) is -0.398. The molecule has 0 saturated carbocycles. The zero-order chi connectivity index (χ0) is 8.55. The lowest BCUT2D eigenvalue weighted by Crippen LogP contribution is -2.11. The van der Waals surface area contributed by atoms with Crippen molar-refractivity contribution in [2.75, 3.05) is 0 Å². The summed E-state index contributed by atoms with van der Waals surface area (Å²) in [6, 6.07) is 7.33. The normalized spacial score (nSPS) is 15.3. The Bertz CT molecular complexity index is 364. The van der Waals surface area contributed by atoms with Gasteiger partial charge in [0.05, 0.1) is 0 Å². The minimum atomic E-state index is -0.267. The van der Waals surface area contributed by atoms with Crippen LogP contribution in [0.25, 0.3) is 0 Å². The molecule has 1 aliphatic rings. The monoisotopic (exact) mass is 160 g/mol. The molecule has 0 saturated heterocycles. The maximum Gasteiger partial charge on any atom is 0.227 e. The van der Waals surface area contributed by atoms with E-state index in [2.05, 4.69) is 0 Å². The second kappa shape index (κ2) is 2.48. The van der Waals surface area contributed by atoms with E-state index in [1.807, 2.05) is 12.1 Å². The molecule has 0 radical (unpaired) electrons. The number of ketones is 1. The lowest BCUT2D eigenvalue weighted by atomic mass is 9.95. The van der Waals surface area contributed by atoms with Crippen LogP contribution in [0.4, 0.5) is 0 Å². The maximum absolute atomic E-state index is 11.3. The van der Waals surface area contributed by atoms with Crippen molar-refractivity contribution in [2.45, 2.75) is 6.42 Å². The lowest BCUT2D eigenvalue weighted by molar-refractivity contribution is 0.0973. The Morgan fingerprint density at radius 2 is 2.00 bits per heavy atom. The molecule has 1 aromatic rings. The van der Waals surface area contributed by atoms with Crippen LogP contribution in [0.5, 0.6) is 0 Å². The molecule has 0 spiro atoms. The Kier molecular flexibility index (Phi) is 1.47. The molecule has 2 heteroatoms. The Hall–Kier alpha value is -1.57. The molecular formula is C10H8O2. The van der Waals surface area contributed by atoms with Gasteiger partial charge in [0, 0.05) is 5.56 Å². The average Bonchev–Trinajstić information content (AvgIpc) is 2.12. The maximum atomic E-state index is 11.3. The van der Waals surface area contributed by atoms with E-state index in [1.54, 1.807) is 18.2 Å². The van der Waals surface area contributed by atoms with Crippen LogP contribution in [0.3, 0.4) is 0 Å². The van der Waals surface area contributed by atoms with Crippen molar-refractivity contribution in [2.24, 2.45) is 0 Å². The fourth-order valence-electron chi connectivity index (χ4n) is 1.36. The summed E-state index contributed by atoms with van der Waals surface area (Å²) >= 11 is 0. The summed E-state index contributed by atoms with van der Waals surface area (Å²) in [6.07, 6.45) is 2.19. The molecule has 0 aliphatic heterocycles. The highest BCUT2D eigenvalue weighted by atomic mass is 16.3. The van der Waals surface area contributed by atoms with Gasteiger partial charge >= 0.3 is 0 Å². The summed E-state index contributed by atoms with van der Waals surface area (Å²) < 4.78 is 0. The van der Waals surface area contributed by atoms with Crippen LogP contribution in [0.15, 0.2) is 36.1 Å². The van der Waals surface area contributed by atoms with Gasteiger partial charge in [-0.15, -0.1) is 0 Å². The van der Waals surface area contributed by atoms with Crippen LogP contribution >= 0.6 is 0 Å². The summed E-state index contributed by atoms with van der Waals surface area (Å²) in [5, 5.41) is 9.14. The van der Waals surface area contributed by atoms with Gasteiger partial charge in [0.2, 0.25) is 5.78 Å². The van der Waals surface area contributed by atoms with E-state index in [-0.39, 0.29) is 11.5 Å². The molecular weight excluding hydrogens is 152 g/mol. The highest BCUT2D eigenvalue weighted by molar-refractivity contribution is 6.09. The average molecular weight is 160 g/mol. The van der Waals surface area contributed by atoms with E-state index in [0.717, 1.165) is 5.56 Å². The number of hydrogen-bond donors (Lipinski definition) is 1. The van der Waals surface area contributed by atoms with Gasteiger partial charge in [-0.1, -0.05) is 24.3 Å². The first kappa shape index (κ1) is 7.10. The minimum Gasteiger partial charge on any atom is -0.504 e. The first-order chi connectivity index (χ1) is 5.79.